The number of nitrogens with two attached hydrogens (primary N) is 1. The fraction of sp³-hybridized carbons (Fsp3) is 0.538. The van der Waals surface area contributed by atoms with Crippen LogP contribution < -0.4 is 15.2 Å². The van der Waals surface area contributed by atoms with Crippen molar-refractivity contribution < 1.29 is 14.4 Å². The second kappa shape index (κ2) is 5.88. The van der Waals surface area contributed by atoms with Gasteiger partial charge in [0.25, 0.3) is 0 Å². The minimum atomic E-state index is -0.475. The zero-order chi connectivity index (χ0) is 13.8. The number of nitro groups is 1. The standard InChI is InChI=1S/C13H18N2O4/c1-18-11-6-3-7-12(13(11)15(16)17)19-10-5-2-4-9(14)8-10/h3,6-7,9-10H,2,4-5,8,14H2,1H3. The third-order valence-corrected chi connectivity index (χ3v) is 3.32. The Labute approximate surface area is 111 Å². The number of para-hydroxylation sites is 1. The van der Waals surface area contributed by atoms with Crippen molar-refractivity contribution in [2.75, 3.05) is 7.11 Å². The van der Waals surface area contributed by atoms with Gasteiger partial charge in [-0.15, -0.1) is 0 Å². The molecule has 2 unspecified atom stereocenters. The summed E-state index contributed by atoms with van der Waals surface area (Å²) >= 11 is 0. The van der Waals surface area contributed by atoms with E-state index in [0.717, 1.165) is 25.7 Å². The fourth-order valence-corrected chi connectivity index (χ4v) is 2.41. The zero-order valence-electron chi connectivity index (χ0n) is 10.9. The van der Waals surface area contributed by atoms with Gasteiger partial charge in [0.15, 0.2) is 0 Å². The fourth-order valence-electron chi connectivity index (χ4n) is 2.41. The number of benzene rings is 1. The summed E-state index contributed by atoms with van der Waals surface area (Å²) < 4.78 is 10.8. The van der Waals surface area contributed by atoms with Crippen molar-refractivity contribution in [3.05, 3.63) is 28.3 Å². The number of nitrogens with zero attached hydrogens (tertiary/aromatic N) is 1. The predicted octanol–water partition coefficient (Wildman–Crippen LogP) is 2.25. The van der Waals surface area contributed by atoms with Gasteiger partial charge in [0.2, 0.25) is 11.5 Å². The molecule has 0 saturated heterocycles. The molecule has 2 atom stereocenters. The van der Waals surface area contributed by atoms with Crippen molar-refractivity contribution in [1.82, 2.24) is 0 Å². The second-order valence-electron chi connectivity index (χ2n) is 4.73. The van der Waals surface area contributed by atoms with E-state index >= 15 is 0 Å². The Morgan fingerprint density at radius 1 is 1.37 bits per heavy atom. The van der Waals surface area contributed by atoms with Crippen molar-refractivity contribution in [2.45, 2.75) is 37.8 Å². The summed E-state index contributed by atoms with van der Waals surface area (Å²) in [6.45, 7) is 0. The third-order valence-electron chi connectivity index (χ3n) is 3.32. The Morgan fingerprint density at radius 3 is 2.74 bits per heavy atom. The SMILES string of the molecule is COc1cccc(OC2CCCC(N)C2)c1[N+](=O)[O-]. The minimum Gasteiger partial charge on any atom is -0.490 e. The highest BCUT2D eigenvalue weighted by Gasteiger charge is 2.26. The van der Waals surface area contributed by atoms with E-state index in [2.05, 4.69) is 0 Å². The van der Waals surface area contributed by atoms with Crippen LogP contribution in [0.5, 0.6) is 11.5 Å². The normalized spacial score (nSPS) is 22.8. The number of hydrogen-bond donors (Lipinski definition) is 1. The van der Waals surface area contributed by atoms with Crippen LogP contribution in [0.3, 0.4) is 0 Å². The topological polar surface area (TPSA) is 87.6 Å². The van der Waals surface area contributed by atoms with Crippen LogP contribution in [0.2, 0.25) is 0 Å². The van der Waals surface area contributed by atoms with Crippen LogP contribution in [0.1, 0.15) is 25.7 Å². The van der Waals surface area contributed by atoms with Crippen LogP contribution in [0.25, 0.3) is 0 Å². The zero-order valence-corrected chi connectivity index (χ0v) is 10.9. The molecule has 0 aliphatic heterocycles. The number of methoxy groups -OCH3 is 1. The third kappa shape index (κ3) is 3.14. The summed E-state index contributed by atoms with van der Waals surface area (Å²) in [5, 5.41) is 11.1. The highest BCUT2D eigenvalue weighted by Crippen LogP contribution is 2.37. The van der Waals surface area contributed by atoms with Gasteiger partial charge in [-0.1, -0.05) is 6.07 Å². The molecule has 0 heterocycles. The maximum Gasteiger partial charge on any atom is 0.352 e. The molecule has 0 bridgehead atoms. The highest BCUT2D eigenvalue weighted by atomic mass is 16.6. The molecule has 2 N–H and O–H groups in total. The maximum absolute atomic E-state index is 11.1. The van der Waals surface area contributed by atoms with Crippen LogP contribution in [0.4, 0.5) is 5.69 Å². The smallest absolute Gasteiger partial charge is 0.352 e. The Kier molecular flexibility index (Phi) is 4.21. The Bertz CT molecular complexity index is 464. The number of ether oxygens (including phenoxy) is 2. The van der Waals surface area contributed by atoms with Gasteiger partial charge in [0, 0.05) is 6.04 Å². The van der Waals surface area contributed by atoms with E-state index in [1.807, 2.05) is 0 Å². The molecule has 0 amide bonds. The first-order valence-corrected chi connectivity index (χ1v) is 6.35. The molecule has 1 saturated carbocycles. The van der Waals surface area contributed by atoms with Crippen LogP contribution >= 0.6 is 0 Å². The van der Waals surface area contributed by atoms with Crippen molar-refractivity contribution in [3.8, 4) is 11.5 Å². The van der Waals surface area contributed by atoms with Crippen molar-refractivity contribution in [2.24, 2.45) is 5.73 Å². The first-order valence-electron chi connectivity index (χ1n) is 6.35. The molecule has 19 heavy (non-hydrogen) atoms. The van der Waals surface area contributed by atoms with Crippen molar-refractivity contribution in [3.63, 3.8) is 0 Å². The first-order chi connectivity index (χ1) is 9.11. The molecule has 0 aromatic heterocycles. The molecule has 1 aliphatic carbocycles. The molecule has 6 nitrogen and oxygen atoms in total. The average molecular weight is 266 g/mol. The molecule has 6 heteroatoms. The molecular formula is C13H18N2O4. The van der Waals surface area contributed by atoms with E-state index in [-0.39, 0.29) is 29.3 Å². The molecule has 2 rings (SSSR count). The monoisotopic (exact) mass is 266 g/mol. The summed E-state index contributed by atoms with van der Waals surface area (Å²) in [5.74, 6) is 0.464. The van der Waals surface area contributed by atoms with E-state index in [4.69, 9.17) is 15.2 Å². The van der Waals surface area contributed by atoms with Crippen molar-refractivity contribution in [1.29, 1.82) is 0 Å². The molecule has 1 aliphatic rings. The minimum absolute atomic E-state index is 0.0606. The van der Waals surface area contributed by atoms with Gasteiger partial charge < -0.3 is 15.2 Å². The van der Waals surface area contributed by atoms with Gasteiger partial charge in [0.1, 0.15) is 6.10 Å². The Hall–Kier alpha value is -1.82. The molecule has 1 fully saturated rings. The van der Waals surface area contributed by atoms with Gasteiger partial charge in [-0.2, -0.15) is 0 Å². The van der Waals surface area contributed by atoms with Crippen LogP contribution in [0, 0.1) is 10.1 Å². The summed E-state index contributed by atoms with van der Waals surface area (Å²) in [5.41, 5.74) is 5.77. The van der Waals surface area contributed by atoms with Crippen LogP contribution in [-0.2, 0) is 0 Å². The van der Waals surface area contributed by atoms with Crippen molar-refractivity contribution >= 4 is 5.69 Å². The van der Waals surface area contributed by atoms with Gasteiger partial charge in [-0.05, 0) is 37.8 Å². The quantitative estimate of drug-likeness (QED) is 0.667. The highest BCUT2D eigenvalue weighted by molar-refractivity contribution is 5.57. The second-order valence-corrected chi connectivity index (χ2v) is 4.73. The largest absolute Gasteiger partial charge is 0.490 e. The van der Waals surface area contributed by atoms with E-state index in [0.29, 0.717) is 0 Å². The van der Waals surface area contributed by atoms with E-state index in [9.17, 15) is 10.1 Å². The first kappa shape index (κ1) is 13.6. The molecule has 104 valence electrons. The lowest BCUT2D eigenvalue weighted by atomic mass is 9.93. The lowest BCUT2D eigenvalue weighted by Crippen LogP contribution is -2.33. The Morgan fingerprint density at radius 2 is 2.11 bits per heavy atom. The van der Waals surface area contributed by atoms with Crippen LogP contribution in [-0.4, -0.2) is 24.2 Å². The van der Waals surface area contributed by atoms with E-state index in [1.54, 1.807) is 18.2 Å². The molecule has 1 aromatic carbocycles. The predicted molar refractivity (Wildman–Crippen MR) is 70.5 cm³/mol. The molecule has 1 aromatic rings. The summed E-state index contributed by atoms with van der Waals surface area (Å²) in [7, 11) is 1.41. The van der Waals surface area contributed by atoms with Gasteiger partial charge >= 0.3 is 5.69 Å². The van der Waals surface area contributed by atoms with E-state index < -0.39 is 4.92 Å². The Balaban J connectivity index is 2.21. The average Bonchev–Trinajstić information content (AvgIpc) is 2.38. The summed E-state index contributed by atoms with van der Waals surface area (Å²) in [4.78, 5) is 10.7. The summed E-state index contributed by atoms with van der Waals surface area (Å²) in [6.07, 6.45) is 3.52. The lowest BCUT2D eigenvalue weighted by Gasteiger charge is -2.27. The maximum atomic E-state index is 11.1. The number of hydrogen-bond acceptors (Lipinski definition) is 5. The van der Waals surface area contributed by atoms with Gasteiger partial charge in [-0.25, -0.2) is 0 Å². The van der Waals surface area contributed by atoms with Gasteiger partial charge in [0.05, 0.1) is 12.0 Å². The van der Waals surface area contributed by atoms with E-state index in [1.165, 1.54) is 7.11 Å². The molecule has 0 spiro atoms. The summed E-state index contributed by atoms with van der Waals surface area (Å²) in [6, 6.07) is 4.95. The van der Waals surface area contributed by atoms with Gasteiger partial charge in [-0.3, -0.25) is 10.1 Å². The lowest BCUT2D eigenvalue weighted by molar-refractivity contribution is -0.387. The molecule has 0 radical (unpaired) electrons. The van der Waals surface area contributed by atoms with Crippen LogP contribution in [0.15, 0.2) is 18.2 Å². The number of nitro benzene ring substituents is 1. The number of rotatable bonds is 4. The molecular weight excluding hydrogens is 248 g/mol.